The van der Waals surface area contributed by atoms with Crippen LogP contribution in [-0.4, -0.2) is 87.4 Å². The second-order valence-corrected chi connectivity index (χ2v) is 19.5. The molecule has 0 aliphatic carbocycles. The van der Waals surface area contributed by atoms with Gasteiger partial charge >= 0.3 is 17.9 Å². The zero-order valence-electron chi connectivity index (χ0n) is 45.4. The van der Waals surface area contributed by atoms with Gasteiger partial charge in [0.25, 0.3) is 6.29 Å². The number of esters is 2. The Labute approximate surface area is 429 Å². The number of aliphatic carboxylic acids is 1. The van der Waals surface area contributed by atoms with E-state index in [-0.39, 0.29) is 38.6 Å². The normalized spacial score (nSPS) is 13.6. The molecule has 0 heterocycles. The van der Waals surface area contributed by atoms with Crippen molar-refractivity contribution in [3.05, 3.63) is 97.2 Å². The van der Waals surface area contributed by atoms with Crippen molar-refractivity contribution < 1.29 is 42.9 Å². The molecule has 70 heavy (non-hydrogen) atoms. The summed E-state index contributed by atoms with van der Waals surface area (Å²) in [5, 5.41) is 9.68. The molecule has 0 aliphatic rings. The van der Waals surface area contributed by atoms with Crippen molar-refractivity contribution in [1.82, 2.24) is 0 Å². The number of carbonyl (C=O) groups is 3. The van der Waals surface area contributed by atoms with E-state index in [9.17, 15) is 19.5 Å². The molecule has 0 aromatic rings. The first-order chi connectivity index (χ1) is 34.1. The van der Waals surface area contributed by atoms with E-state index in [0.29, 0.717) is 17.4 Å². The Morgan fingerprint density at radius 3 is 1.23 bits per heavy atom. The summed E-state index contributed by atoms with van der Waals surface area (Å²) < 4.78 is 22.8. The molecule has 0 fully saturated rings. The molecule has 0 radical (unpaired) electrons. The van der Waals surface area contributed by atoms with Crippen molar-refractivity contribution in [3.8, 4) is 0 Å². The van der Waals surface area contributed by atoms with Crippen LogP contribution in [0.4, 0.5) is 0 Å². The number of allylic oxidation sites excluding steroid dienone is 16. The monoisotopic (exact) mass is 979 g/mol. The van der Waals surface area contributed by atoms with E-state index in [1.54, 1.807) is 0 Å². The van der Waals surface area contributed by atoms with Crippen molar-refractivity contribution in [2.24, 2.45) is 0 Å². The molecular weight excluding hydrogens is 875 g/mol. The van der Waals surface area contributed by atoms with Crippen LogP contribution < -0.4 is 0 Å². The van der Waals surface area contributed by atoms with Crippen LogP contribution in [0.25, 0.3) is 0 Å². The first kappa shape index (κ1) is 66.2. The maximum atomic E-state index is 12.9. The van der Waals surface area contributed by atoms with Gasteiger partial charge in [-0.25, -0.2) is 4.79 Å². The van der Waals surface area contributed by atoms with Gasteiger partial charge in [0.1, 0.15) is 13.2 Å². The lowest BCUT2D eigenvalue weighted by molar-refractivity contribution is -0.870. The molecule has 2 unspecified atom stereocenters. The van der Waals surface area contributed by atoms with Crippen LogP contribution in [0.3, 0.4) is 0 Å². The third-order valence-corrected chi connectivity index (χ3v) is 11.6. The van der Waals surface area contributed by atoms with Crippen LogP contribution >= 0.6 is 0 Å². The average Bonchev–Trinajstić information content (AvgIpc) is 3.33. The number of carbonyl (C=O) groups excluding carboxylic acids is 2. The fourth-order valence-corrected chi connectivity index (χ4v) is 7.28. The predicted molar refractivity (Wildman–Crippen MR) is 295 cm³/mol. The van der Waals surface area contributed by atoms with Gasteiger partial charge in [0.15, 0.2) is 6.10 Å². The molecule has 1 N–H and O–H groups in total. The van der Waals surface area contributed by atoms with Gasteiger partial charge in [-0.1, -0.05) is 201 Å². The lowest BCUT2D eigenvalue weighted by Crippen LogP contribution is -2.40. The second-order valence-electron chi connectivity index (χ2n) is 19.5. The zero-order chi connectivity index (χ0) is 51.3. The molecule has 0 aromatic carbocycles. The molecule has 0 rings (SSSR count). The van der Waals surface area contributed by atoms with Crippen molar-refractivity contribution in [2.45, 2.75) is 225 Å². The third-order valence-electron chi connectivity index (χ3n) is 11.6. The van der Waals surface area contributed by atoms with E-state index in [2.05, 4.69) is 111 Å². The highest BCUT2D eigenvalue weighted by Gasteiger charge is 2.25. The third kappa shape index (κ3) is 52.0. The summed E-state index contributed by atoms with van der Waals surface area (Å²) in [5.41, 5.74) is 0. The van der Waals surface area contributed by atoms with Crippen molar-refractivity contribution >= 4 is 17.9 Å². The van der Waals surface area contributed by atoms with E-state index in [4.69, 9.17) is 18.9 Å². The molecule has 9 heteroatoms. The minimum absolute atomic E-state index is 0.181. The Kier molecular flexibility index (Phi) is 48.8. The first-order valence-electron chi connectivity index (χ1n) is 27.9. The van der Waals surface area contributed by atoms with Gasteiger partial charge in [0.05, 0.1) is 34.4 Å². The summed E-state index contributed by atoms with van der Waals surface area (Å²) in [7, 11) is 5.95. The van der Waals surface area contributed by atoms with Crippen LogP contribution in [0.2, 0.25) is 0 Å². The summed E-state index contributed by atoms with van der Waals surface area (Å²) in [6.45, 7) is 4.72. The largest absolute Gasteiger partial charge is 0.477 e. The van der Waals surface area contributed by atoms with Crippen LogP contribution in [0.15, 0.2) is 97.2 Å². The fraction of sp³-hybridized carbons (Fsp3) is 0.689. The maximum Gasteiger partial charge on any atom is 0.361 e. The zero-order valence-corrected chi connectivity index (χ0v) is 45.4. The Balaban J connectivity index is 4.26. The van der Waals surface area contributed by atoms with E-state index >= 15 is 0 Å². The first-order valence-corrected chi connectivity index (χ1v) is 27.9. The topological polar surface area (TPSA) is 108 Å². The molecule has 2 atom stereocenters. The van der Waals surface area contributed by atoms with Crippen LogP contribution in [0.5, 0.6) is 0 Å². The summed E-state index contributed by atoms with van der Waals surface area (Å²) in [6, 6.07) is 0. The van der Waals surface area contributed by atoms with E-state index < -0.39 is 24.3 Å². The summed E-state index contributed by atoms with van der Waals surface area (Å²) in [5.74, 6) is -2.03. The Hall–Kier alpha value is -3.79. The van der Waals surface area contributed by atoms with E-state index in [0.717, 1.165) is 109 Å². The SMILES string of the molecule is CC/C=C\C/C=C\C/C=C\C/C=C\C/C=C\C/C=C\C/C=C\CCCCCCCCCCCC(=O)OC(COC(=O)CCCCCCC/C=C\CCCCCCC)COC(OCC[N+](C)(C)C)C(=O)O. The molecule has 0 aromatic heterocycles. The highest BCUT2D eigenvalue weighted by atomic mass is 16.7. The molecule has 0 saturated carbocycles. The van der Waals surface area contributed by atoms with Gasteiger partial charge in [-0.05, 0) is 96.3 Å². The quantitative estimate of drug-likeness (QED) is 0.0211. The molecule has 400 valence electrons. The number of ether oxygens (including phenoxy) is 4. The van der Waals surface area contributed by atoms with Gasteiger partial charge < -0.3 is 28.5 Å². The van der Waals surface area contributed by atoms with Gasteiger partial charge in [0.2, 0.25) is 0 Å². The molecule has 0 bridgehead atoms. The highest BCUT2D eigenvalue weighted by Crippen LogP contribution is 2.14. The minimum Gasteiger partial charge on any atom is -0.477 e. The Morgan fingerprint density at radius 2 is 0.814 bits per heavy atom. The number of rotatable bonds is 50. The number of nitrogens with zero attached hydrogens (tertiary/aromatic N) is 1. The second kappa shape index (κ2) is 51.6. The molecule has 0 spiro atoms. The van der Waals surface area contributed by atoms with E-state index in [1.165, 1.54) is 70.6 Å². The molecule has 9 nitrogen and oxygen atoms in total. The minimum atomic E-state index is -1.52. The highest BCUT2D eigenvalue weighted by molar-refractivity contribution is 5.71. The summed E-state index contributed by atoms with van der Waals surface area (Å²) in [4.78, 5) is 37.3. The average molecular weight is 980 g/mol. The predicted octanol–water partition coefficient (Wildman–Crippen LogP) is 16.2. The lowest BCUT2D eigenvalue weighted by Gasteiger charge is -2.25. The van der Waals surface area contributed by atoms with Gasteiger partial charge in [0, 0.05) is 12.8 Å². The van der Waals surface area contributed by atoms with Gasteiger partial charge in [-0.3, -0.25) is 9.59 Å². The summed E-state index contributed by atoms with van der Waals surface area (Å²) >= 11 is 0. The lowest BCUT2D eigenvalue weighted by atomic mass is 10.1. The van der Waals surface area contributed by atoms with Gasteiger partial charge in [-0.15, -0.1) is 0 Å². The number of likely N-dealkylation sites (N-methyl/N-ethyl adjacent to an activating group) is 1. The summed E-state index contributed by atoms with van der Waals surface area (Å²) in [6.07, 6.45) is 66.2. The molecule has 0 amide bonds. The number of hydrogen-bond donors (Lipinski definition) is 1. The number of hydrogen-bond acceptors (Lipinski definition) is 7. The van der Waals surface area contributed by atoms with Crippen molar-refractivity contribution in [3.63, 3.8) is 0 Å². The van der Waals surface area contributed by atoms with E-state index in [1.807, 2.05) is 21.1 Å². The standard InChI is InChI=1S/C61H103NO8/c1-6-8-10-12-14-16-18-20-22-23-24-25-26-27-28-29-30-31-32-33-34-35-36-37-38-40-42-44-46-48-50-52-59(64)70-57(56-69-61(60(65)66)67-54-53-62(3,4)5)55-68-58(63)51-49-47-45-43-41-39-21-19-17-15-13-11-9-7-2/h8,10,14,16,19-22,24-25,27-28,30-31,33-34,57,61H,6-7,9,11-13,15,17-18,23,26,29,32,35-56H2,1-5H3/p+1/b10-8-,16-14-,21-19-,22-20-,25-24-,28-27-,31-30-,34-33-. The molecule has 0 aliphatic heterocycles. The van der Waals surface area contributed by atoms with Crippen LogP contribution in [-0.2, 0) is 33.3 Å². The Bertz CT molecular complexity index is 1470. The Morgan fingerprint density at radius 1 is 0.443 bits per heavy atom. The van der Waals surface area contributed by atoms with Crippen molar-refractivity contribution in [2.75, 3.05) is 47.5 Å². The maximum absolute atomic E-state index is 12.9. The fourth-order valence-electron chi connectivity index (χ4n) is 7.28. The van der Waals surface area contributed by atoms with Gasteiger partial charge in [-0.2, -0.15) is 0 Å². The number of unbranched alkanes of at least 4 members (excludes halogenated alkanes) is 19. The number of carboxylic acid groups (broad SMARTS) is 1. The van der Waals surface area contributed by atoms with Crippen LogP contribution in [0.1, 0.15) is 213 Å². The smallest absolute Gasteiger partial charge is 0.361 e. The number of carboxylic acids is 1. The molecule has 0 saturated heterocycles. The van der Waals surface area contributed by atoms with Crippen LogP contribution in [0, 0.1) is 0 Å². The van der Waals surface area contributed by atoms with Crippen molar-refractivity contribution in [1.29, 1.82) is 0 Å². The molecular formula is C61H104NO8+. The number of quaternary nitrogens is 1.